The molecule has 2 heterocycles. The van der Waals surface area contributed by atoms with E-state index in [1.54, 1.807) is 18.2 Å². The average molecular weight is 316 g/mol. The van der Waals surface area contributed by atoms with Gasteiger partial charge in [0.05, 0.1) is 5.52 Å². The molecule has 0 unspecified atom stereocenters. The Bertz CT molecular complexity index is 945. The van der Waals surface area contributed by atoms with Crippen molar-refractivity contribution in [2.75, 3.05) is 11.4 Å². The number of anilines is 1. The fraction of sp³-hybridized carbons (Fsp3) is 0.235. The lowest BCUT2D eigenvalue weighted by atomic mass is 10.0. The Kier molecular flexibility index (Phi) is 3.18. The molecule has 0 aliphatic carbocycles. The molecule has 4 nitrogen and oxygen atoms in total. The molecule has 0 radical (unpaired) electrons. The van der Waals surface area contributed by atoms with E-state index < -0.39 is 17.4 Å². The standard InChI is InChI=1S/C17H14F2N2O2/c18-11-8-13(19)12-4-3-7-20(15(12)9-11)10-21-14-5-1-2-6-16(14)23-17(21)22/h1-2,5-6,8-9H,3-4,7,10H2. The summed E-state index contributed by atoms with van der Waals surface area (Å²) in [5.74, 6) is -1.62. The number of para-hydroxylation sites is 2. The molecule has 3 aromatic rings. The molecule has 4 rings (SSSR count). The van der Waals surface area contributed by atoms with Gasteiger partial charge in [-0.1, -0.05) is 12.1 Å². The predicted octanol–water partition coefficient (Wildman–Crippen LogP) is 3.28. The Hall–Kier alpha value is -2.63. The Morgan fingerprint density at radius 3 is 2.87 bits per heavy atom. The van der Waals surface area contributed by atoms with Crippen molar-refractivity contribution in [2.24, 2.45) is 0 Å². The zero-order valence-electron chi connectivity index (χ0n) is 12.3. The average Bonchev–Trinajstić information content (AvgIpc) is 2.84. The smallest absolute Gasteiger partial charge is 0.408 e. The molecule has 118 valence electrons. The van der Waals surface area contributed by atoms with Crippen LogP contribution in [0, 0.1) is 11.6 Å². The van der Waals surface area contributed by atoms with E-state index in [1.807, 2.05) is 11.0 Å². The SMILES string of the molecule is O=c1oc2ccccc2n1CN1CCCc2c(F)cc(F)cc21. The third-order valence-electron chi connectivity index (χ3n) is 4.22. The second-order valence-corrected chi connectivity index (χ2v) is 5.66. The van der Waals surface area contributed by atoms with Crippen molar-refractivity contribution in [3.63, 3.8) is 0 Å². The van der Waals surface area contributed by atoms with Gasteiger partial charge in [0.2, 0.25) is 0 Å². The summed E-state index contributed by atoms with van der Waals surface area (Å²) in [4.78, 5) is 13.9. The van der Waals surface area contributed by atoms with Crippen LogP contribution in [0.1, 0.15) is 12.0 Å². The summed E-state index contributed by atoms with van der Waals surface area (Å²) in [7, 11) is 0. The molecule has 0 saturated carbocycles. The summed E-state index contributed by atoms with van der Waals surface area (Å²) in [6, 6.07) is 9.34. The van der Waals surface area contributed by atoms with Gasteiger partial charge in [-0.2, -0.15) is 0 Å². The van der Waals surface area contributed by atoms with Gasteiger partial charge in [-0.05, 0) is 31.0 Å². The molecular formula is C17H14F2N2O2. The van der Waals surface area contributed by atoms with Crippen LogP contribution in [0.4, 0.5) is 14.5 Å². The van der Waals surface area contributed by atoms with Gasteiger partial charge in [0.15, 0.2) is 5.58 Å². The van der Waals surface area contributed by atoms with Crippen LogP contribution in [0.3, 0.4) is 0 Å². The van der Waals surface area contributed by atoms with Crippen molar-refractivity contribution in [3.8, 4) is 0 Å². The molecule has 1 aromatic heterocycles. The van der Waals surface area contributed by atoms with Crippen molar-refractivity contribution < 1.29 is 13.2 Å². The molecule has 0 spiro atoms. The van der Waals surface area contributed by atoms with Crippen LogP contribution >= 0.6 is 0 Å². The molecule has 23 heavy (non-hydrogen) atoms. The first-order chi connectivity index (χ1) is 11.1. The van der Waals surface area contributed by atoms with E-state index in [2.05, 4.69) is 0 Å². The van der Waals surface area contributed by atoms with Crippen molar-refractivity contribution in [1.82, 2.24) is 4.57 Å². The minimum atomic E-state index is -0.613. The van der Waals surface area contributed by atoms with Crippen molar-refractivity contribution in [2.45, 2.75) is 19.5 Å². The summed E-state index contributed by atoms with van der Waals surface area (Å²) in [6.45, 7) is 0.827. The molecule has 0 saturated heterocycles. The molecule has 2 aromatic carbocycles. The molecule has 0 amide bonds. The Morgan fingerprint density at radius 2 is 2.00 bits per heavy atom. The Labute approximate surface area is 130 Å². The van der Waals surface area contributed by atoms with E-state index >= 15 is 0 Å². The third kappa shape index (κ3) is 2.30. The summed E-state index contributed by atoms with van der Waals surface area (Å²) in [6.07, 6.45) is 1.32. The highest BCUT2D eigenvalue weighted by Gasteiger charge is 2.22. The fourth-order valence-electron chi connectivity index (χ4n) is 3.15. The van der Waals surface area contributed by atoms with Crippen LogP contribution in [0.25, 0.3) is 11.1 Å². The first-order valence-electron chi connectivity index (χ1n) is 7.45. The topological polar surface area (TPSA) is 38.4 Å². The van der Waals surface area contributed by atoms with Crippen LogP contribution < -0.4 is 10.7 Å². The minimum Gasteiger partial charge on any atom is -0.408 e. The highest BCUT2D eigenvalue weighted by Crippen LogP contribution is 2.31. The van der Waals surface area contributed by atoms with Crippen LogP contribution in [0.2, 0.25) is 0 Å². The Balaban J connectivity index is 1.79. The lowest BCUT2D eigenvalue weighted by Crippen LogP contribution is -2.34. The van der Waals surface area contributed by atoms with Crippen LogP contribution in [0.5, 0.6) is 0 Å². The second-order valence-electron chi connectivity index (χ2n) is 5.66. The molecule has 0 bridgehead atoms. The summed E-state index contributed by atoms with van der Waals surface area (Å²) in [5.41, 5.74) is 2.17. The maximum atomic E-state index is 14.0. The molecule has 1 aliphatic heterocycles. The van der Waals surface area contributed by atoms with Crippen LogP contribution in [-0.4, -0.2) is 11.1 Å². The van der Waals surface area contributed by atoms with Gasteiger partial charge in [0.25, 0.3) is 0 Å². The number of aromatic nitrogens is 1. The number of rotatable bonds is 2. The van der Waals surface area contributed by atoms with E-state index in [0.29, 0.717) is 35.3 Å². The van der Waals surface area contributed by atoms with Crippen molar-refractivity contribution >= 4 is 16.8 Å². The summed E-state index contributed by atoms with van der Waals surface area (Å²) >= 11 is 0. The highest BCUT2D eigenvalue weighted by atomic mass is 19.1. The summed E-state index contributed by atoms with van der Waals surface area (Å²) < 4.78 is 34.2. The van der Waals surface area contributed by atoms with Gasteiger partial charge in [-0.3, -0.25) is 4.57 Å². The molecule has 0 atom stereocenters. The molecule has 1 aliphatic rings. The molecule has 0 fully saturated rings. The Morgan fingerprint density at radius 1 is 1.17 bits per heavy atom. The normalized spacial score (nSPS) is 14.3. The van der Waals surface area contributed by atoms with E-state index in [-0.39, 0.29) is 6.67 Å². The molecule has 6 heteroatoms. The maximum absolute atomic E-state index is 14.0. The van der Waals surface area contributed by atoms with Gasteiger partial charge in [0, 0.05) is 23.9 Å². The lowest BCUT2D eigenvalue weighted by Gasteiger charge is -2.31. The largest absolute Gasteiger partial charge is 0.421 e. The second kappa shape index (κ2) is 5.22. The molecule has 0 N–H and O–H groups in total. The number of hydrogen-bond acceptors (Lipinski definition) is 3. The van der Waals surface area contributed by atoms with Gasteiger partial charge in [0.1, 0.15) is 18.3 Å². The maximum Gasteiger partial charge on any atom is 0.421 e. The zero-order chi connectivity index (χ0) is 16.0. The van der Waals surface area contributed by atoms with E-state index in [1.165, 1.54) is 10.6 Å². The van der Waals surface area contributed by atoms with Crippen molar-refractivity contribution in [3.05, 3.63) is 64.1 Å². The number of halogens is 2. The minimum absolute atomic E-state index is 0.200. The van der Waals surface area contributed by atoms with E-state index in [0.717, 1.165) is 12.5 Å². The van der Waals surface area contributed by atoms with Gasteiger partial charge in [-0.25, -0.2) is 13.6 Å². The number of nitrogens with zero attached hydrogens (tertiary/aromatic N) is 2. The van der Waals surface area contributed by atoms with Gasteiger partial charge in [-0.15, -0.1) is 0 Å². The van der Waals surface area contributed by atoms with E-state index in [9.17, 15) is 13.6 Å². The van der Waals surface area contributed by atoms with Gasteiger partial charge >= 0.3 is 5.76 Å². The number of hydrogen-bond donors (Lipinski definition) is 0. The van der Waals surface area contributed by atoms with Gasteiger partial charge < -0.3 is 9.32 Å². The quantitative estimate of drug-likeness (QED) is 0.728. The zero-order valence-corrected chi connectivity index (χ0v) is 12.3. The third-order valence-corrected chi connectivity index (χ3v) is 4.22. The van der Waals surface area contributed by atoms with Crippen molar-refractivity contribution in [1.29, 1.82) is 0 Å². The highest BCUT2D eigenvalue weighted by molar-refractivity contribution is 5.72. The lowest BCUT2D eigenvalue weighted by molar-refractivity contribution is 0.488. The van der Waals surface area contributed by atoms with Crippen LogP contribution in [-0.2, 0) is 13.1 Å². The first kappa shape index (κ1) is 14.0. The number of fused-ring (bicyclic) bond motifs is 2. The predicted molar refractivity (Wildman–Crippen MR) is 82.5 cm³/mol. The molecular weight excluding hydrogens is 302 g/mol. The summed E-state index contributed by atoms with van der Waals surface area (Å²) in [5, 5.41) is 0. The number of benzene rings is 2. The fourth-order valence-corrected chi connectivity index (χ4v) is 3.15. The first-order valence-corrected chi connectivity index (χ1v) is 7.45. The van der Waals surface area contributed by atoms with Crippen LogP contribution in [0.15, 0.2) is 45.6 Å². The monoisotopic (exact) mass is 316 g/mol. The van der Waals surface area contributed by atoms with E-state index in [4.69, 9.17) is 4.42 Å². The number of oxazole rings is 1.